The monoisotopic (exact) mass is 220 g/mol. The first-order chi connectivity index (χ1) is 7.76. The fraction of sp³-hybridized carbons (Fsp3) is 0.250. The maximum atomic E-state index is 11.2. The van der Waals surface area contributed by atoms with Crippen molar-refractivity contribution < 1.29 is 14.3 Å². The molecule has 0 spiro atoms. The van der Waals surface area contributed by atoms with Gasteiger partial charge in [-0.25, -0.2) is 4.79 Å². The molecule has 0 heterocycles. The van der Waals surface area contributed by atoms with Crippen molar-refractivity contribution >= 4 is 12.4 Å². The highest BCUT2D eigenvalue weighted by atomic mass is 16.5. The zero-order chi connectivity index (χ0) is 11.8. The summed E-state index contributed by atoms with van der Waals surface area (Å²) in [6, 6.07) is 8.73. The molecule has 0 aliphatic carbocycles. The van der Waals surface area contributed by atoms with E-state index in [1.165, 1.54) is 0 Å². The predicted octanol–water partition coefficient (Wildman–Crippen LogP) is 1.70. The Labute approximate surface area is 94.6 Å². The Hall–Kier alpha value is -1.84. The third-order valence-electron chi connectivity index (χ3n) is 1.99. The highest BCUT2D eigenvalue weighted by Crippen LogP contribution is 2.00. The Morgan fingerprint density at radius 2 is 2.12 bits per heavy atom. The lowest BCUT2D eigenvalue weighted by molar-refractivity contribution is -0.109. The number of carbonyl (C=O) groups excluding carboxylic acids is 2. The maximum Gasteiger partial charge on any atom is 0.408 e. The normalized spacial score (nSPS) is 11.6. The molecule has 1 radical (unpaired) electrons. The van der Waals surface area contributed by atoms with Crippen molar-refractivity contribution in [1.29, 1.82) is 0 Å². The minimum atomic E-state index is -0.607. The first-order valence-electron chi connectivity index (χ1n) is 4.98. The molecule has 4 nitrogen and oxygen atoms in total. The topological polar surface area (TPSA) is 55.4 Å². The van der Waals surface area contributed by atoms with Crippen molar-refractivity contribution in [2.24, 2.45) is 0 Å². The lowest BCUT2D eigenvalue weighted by atomic mass is 10.2. The Kier molecular flexibility index (Phi) is 5.05. The van der Waals surface area contributed by atoms with Gasteiger partial charge in [0.2, 0.25) is 0 Å². The van der Waals surface area contributed by atoms with Crippen molar-refractivity contribution in [2.75, 3.05) is 0 Å². The Morgan fingerprint density at radius 3 is 2.69 bits per heavy atom. The number of carbonyl (C=O) groups is 2. The Bertz CT molecular complexity index is 337. The van der Waals surface area contributed by atoms with E-state index in [4.69, 9.17) is 4.74 Å². The molecular weight excluding hydrogens is 206 g/mol. The number of benzene rings is 1. The molecule has 0 saturated heterocycles. The number of alkyl carbamates (subject to hydrolysis) is 1. The van der Waals surface area contributed by atoms with Gasteiger partial charge in [-0.3, -0.25) is 0 Å². The number of hydrogen-bond acceptors (Lipinski definition) is 3. The van der Waals surface area contributed by atoms with Crippen molar-refractivity contribution in [2.45, 2.75) is 19.1 Å². The molecule has 85 valence electrons. The summed E-state index contributed by atoms with van der Waals surface area (Å²) in [7, 11) is 0. The van der Waals surface area contributed by atoms with Gasteiger partial charge >= 0.3 is 6.09 Å². The van der Waals surface area contributed by atoms with Crippen molar-refractivity contribution in [3.05, 3.63) is 42.8 Å². The van der Waals surface area contributed by atoms with Gasteiger partial charge in [0.05, 0.1) is 6.04 Å². The number of aldehydes is 1. The van der Waals surface area contributed by atoms with E-state index < -0.39 is 12.1 Å². The maximum absolute atomic E-state index is 11.2. The van der Waals surface area contributed by atoms with Gasteiger partial charge in [-0.1, -0.05) is 37.3 Å². The molecule has 0 bridgehead atoms. The van der Waals surface area contributed by atoms with Crippen LogP contribution < -0.4 is 5.32 Å². The molecule has 1 aromatic rings. The van der Waals surface area contributed by atoms with Crippen LogP contribution in [0.4, 0.5) is 4.79 Å². The molecule has 0 aliphatic rings. The highest BCUT2D eigenvalue weighted by Gasteiger charge is 2.09. The van der Waals surface area contributed by atoms with Crippen LogP contribution in [0.5, 0.6) is 0 Å². The number of hydrogen-bond donors (Lipinski definition) is 1. The standard InChI is InChI=1S/C12H14NO3/c1-2-11(8-14)13-12(15)16-9-10-6-4-3-5-7-10/h3-8,11H,1-2,9H2,(H,13,15). The number of ether oxygens (including phenoxy) is 1. The molecule has 1 atom stereocenters. The number of rotatable bonds is 5. The van der Waals surface area contributed by atoms with Crippen LogP contribution in [0, 0.1) is 6.92 Å². The summed E-state index contributed by atoms with van der Waals surface area (Å²) in [5.41, 5.74) is 0.898. The second-order valence-electron chi connectivity index (χ2n) is 3.24. The molecule has 1 aromatic carbocycles. The van der Waals surface area contributed by atoms with Crippen LogP contribution in [0.2, 0.25) is 0 Å². The van der Waals surface area contributed by atoms with E-state index in [1.54, 1.807) is 0 Å². The Balaban J connectivity index is 2.33. The van der Waals surface area contributed by atoms with Crippen LogP contribution in [-0.4, -0.2) is 18.4 Å². The molecule has 1 amide bonds. The van der Waals surface area contributed by atoms with Gasteiger partial charge in [-0.2, -0.15) is 0 Å². The molecule has 4 heteroatoms. The predicted molar refractivity (Wildman–Crippen MR) is 59.6 cm³/mol. The van der Waals surface area contributed by atoms with Gasteiger partial charge in [0.1, 0.15) is 12.9 Å². The van der Waals surface area contributed by atoms with Crippen LogP contribution in [0.3, 0.4) is 0 Å². The van der Waals surface area contributed by atoms with Crippen LogP contribution in [0.15, 0.2) is 30.3 Å². The number of amides is 1. The van der Waals surface area contributed by atoms with E-state index in [1.807, 2.05) is 30.3 Å². The number of nitrogens with one attached hydrogen (secondary N) is 1. The molecule has 1 unspecified atom stereocenters. The van der Waals surface area contributed by atoms with Gasteiger partial charge in [0.25, 0.3) is 0 Å². The summed E-state index contributed by atoms with van der Waals surface area (Å²) in [6.45, 7) is 3.72. The average Bonchev–Trinajstić information content (AvgIpc) is 2.34. The molecule has 0 fully saturated rings. The SMILES string of the molecule is [CH2]CC(C=O)NC(=O)OCc1ccccc1. The van der Waals surface area contributed by atoms with Crippen LogP contribution in [0.1, 0.15) is 12.0 Å². The summed E-state index contributed by atoms with van der Waals surface area (Å²) in [5, 5.41) is 2.39. The van der Waals surface area contributed by atoms with Crippen LogP contribution >= 0.6 is 0 Å². The van der Waals surface area contributed by atoms with Gasteiger partial charge < -0.3 is 14.8 Å². The van der Waals surface area contributed by atoms with E-state index in [9.17, 15) is 9.59 Å². The molecule has 1 rings (SSSR count). The highest BCUT2D eigenvalue weighted by molar-refractivity contribution is 5.73. The molecule has 16 heavy (non-hydrogen) atoms. The van der Waals surface area contributed by atoms with Crippen molar-refractivity contribution in [3.63, 3.8) is 0 Å². The van der Waals surface area contributed by atoms with E-state index in [0.29, 0.717) is 12.7 Å². The molecule has 1 N–H and O–H groups in total. The van der Waals surface area contributed by atoms with E-state index in [-0.39, 0.29) is 6.61 Å². The lowest BCUT2D eigenvalue weighted by Gasteiger charge is -2.10. The fourth-order valence-electron chi connectivity index (χ4n) is 1.09. The van der Waals surface area contributed by atoms with Gasteiger partial charge in [-0.15, -0.1) is 0 Å². The lowest BCUT2D eigenvalue weighted by Crippen LogP contribution is -2.35. The first kappa shape index (κ1) is 12.2. The van der Waals surface area contributed by atoms with E-state index in [2.05, 4.69) is 12.2 Å². The summed E-state index contributed by atoms with van der Waals surface area (Å²) < 4.78 is 4.93. The van der Waals surface area contributed by atoms with Crippen molar-refractivity contribution in [1.82, 2.24) is 5.32 Å². The molecule has 0 aliphatic heterocycles. The summed E-state index contributed by atoms with van der Waals surface area (Å²) >= 11 is 0. The van der Waals surface area contributed by atoms with E-state index in [0.717, 1.165) is 5.56 Å². The second-order valence-corrected chi connectivity index (χ2v) is 3.24. The molecular formula is C12H14NO3. The average molecular weight is 220 g/mol. The van der Waals surface area contributed by atoms with Crippen LogP contribution in [0.25, 0.3) is 0 Å². The van der Waals surface area contributed by atoms with Crippen LogP contribution in [-0.2, 0) is 16.1 Å². The molecule has 0 saturated carbocycles. The van der Waals surface area contributed by atoms with Gasteiger partial charge in [0, 0.05) is 0 Å². The zero-order valence-corrected chi connectivity index (χ0v) is 8.89. The van der Waals surface area contributed by atoms with Gasteiger partial charge in [0.15, 0.2) is 0 Å². The Morgan fingerprint density at radius 1 is 1.44 bits per heavy atom. The summed E-state index contributed by atoms with van der Waals surface area (Å²) in [6.07, 6.45) is 0.338. The summed E-state index contributed by atoms with van der Waals surface area (Å²) in [5.74, 6) is 0. The minimum absolute atomic E-state index is 0.190. The smallest absolute Gasteiger partial charge is 0.408 e. The summed E-state index contributed by atoms with van der Waals surface area (Å²) in [4.78, 5) is 21.7. The fourth-order valence-corrected chi connectivity index (χ4v) is 1.09. The van der Waals surface area contributed by atoms with Crippen molar-refractivity contribution in [3.8, 4) is 0 Å². The zero-order valence-electron chi connectivity index (χ0n) is 8.89. The van der Waals surface area contributed by atoms with E-state index >= 15 is 0 Å². The second kappa shape index (κ2) is 6.61. The third kappa shape index (κ3) is 4.13. The third-order valence-corrected chi connectivity index (χ3v) is 1.99. The van der Waals surface area contributed by atoms with Gasteiger partial charge in [-0.05, 0) is 12.0 Å². The first-order valence-corrected chi connectivity index (χ1v) is 4.98. The quantitative estimate of drug-likeness (QED) is 0.768. The minimum Gasteiger partial charge on any atom is -0.445 e. The molecule has 0 aromatic heterocycles. The largest absolute Gasteiger partial charge is 0.445 e.